The molecule has 7 heteroatoms. The number of carbonyl (C=O) groups excluding carboxylic acids is 2. The second kappa shape index (κ2) is 8.92. The van der Waals surface area contributed by atoms with Crippen LogP contribution in [0.15, 0.2) is 24.3 Å². The molecule has 0 bridgehead atoms. The van der Waals surface area contributed by atoms with E-state index < -0.39 is 11.7 Å². The van der Waals surface area contributed by atoms with Gasteiger partial charge in [0.15, 0.2) is 6.61 Å². The highest BCUT2D eigenvalue weighted by Crippen LogP contribution is 2.16. The molecule has 0 spiro atoms. The van der Waals surface area contributed by atoms with Crippen LogP contribution in [0.25, 0.3) is 0 Å². The van der Waals surface area contributed by atoms with Crippen LogP contribution < -0.4 is 10.1 Å². The first-order chi connectivity index (χ1) is 11.6. The third-order valence-corrected chi connectivity index (χ3v) is 3.35. The van der Waals surface area contributed by atoms with Gasteiger partial charge in [-0.2, -0.15) is 5.26 Å². The van der Waals surface area contributed by atoms with Gasteiger partial charge in [-0.15, -0.1) is 0 Å². The number of nitriles is 1. The molecule has 25 heavy (non-hydrogen) atoms. The standard InChI is InChI=1S/C18H25N3O4/c1-13(11-20-17(23)25-18(2,3)4)21(5)16(22)12-24-15-9-7-6-8-14(15)10-19/h6-9,13H,11-12H2,1-5H3,(H,20,23). The fraction of sp³-hybridized carbons (Fsp3) is 0.500. The quantitative estimate of drug-likeness (QED) is 0.852. The number of nitrogens with zero attached hydrogens (tertiary/aromatic N) is 2. The van der Waals surface area contributed by atoms with Crippen LogP contribution in [0.1, 0.15) is 33.3 Å². The number of alkyl carbamates (subject to hydrolysis) is 1. The third-order valence-electron chi connectivity index (χ3n) is 3.35. The Kier molecular flexibility index (Phi) is 7.24. The number of nitrogens with one attached hydrogen (secondary N) is 1. The van der Waals surface area contributed by atoms with Crippen LogP contribution in [0.4, 0.5) is 4.79 Å². The summed E-state index contributed by atoms with van der Waals surface area (Å²) in [5.41, 5.74) is -0.200. The molecule has 0 saturated heterocycles. The van der Waals surface area contributed by atoms with Gasteiger partial charge in [-0.05, 0) is 39.8 Å². The molecule has 2 amide bonds. The zero-order chi connectivity index (χ0) is 19.0. The second-order valence-corrected chi connectivity index (χ2v) is 6.63. The van der Waals surface area contributed by atoms with Crippen LogP contribution in [0, 0.1) is 11.3 Å². The van der Waals surface area contributed by atoms with E-state index in [0.29, 0.717) is 11.3 Å². The number of carbonyl (C=O) groups is 2. The zero-order valence-electron chi connectivity index (χ0n) is 15.3. The number of ether oxygens (including phenoxy) is 2. The minimum absolute atomic E-state index is 0.189. The second-order valence-electron chi connectivity index (χ2n) is 6.63. The Balaban J connectivity index is 2.47. The van der Waals surface area contributed by atoms with E-state index in [9.17, 15) is 9.59 Å². The average molecular weight is 347 g/mol. The van der Waals surface area contributed by atoms with E-state index in [1.54, 1.807) is 59.0 Å². The number of amides is 2. The van der Waals surface area contributed by atoms with E-state index in [4.69, 9.17) is 14.7 Å². The van der Waals surface area contributed by atoms with Gasteiger partial charge in [0.2, 0.25) is 0 Å². The van der Waals surface area contributed by atoms with Crippen LogP contribution in [0.3, 0.4) is 0 Å². The molecule has 0 aliphatic rings. The van der Waals surface area contributed by atoms with Crippen molar-refractivity contribution < 1.29 is 19.1 Å². The van der Waals surface area contributed by atoms with Crippen molar-refractivity contribution in [1.82, 2.24) is 10.2 Å². The van der Waals surface area contributed by atoms with E-state index in [1.165, 1.54) is 4.90 Å². The summed E-state index contributed by atoms with van der Waals surface area (Å²) >= 11 is 0. The van der Waals surface area contributed by atoms with Crippen LogP contribution in [-0.2, 0) is 9.53 Å². The molecule has 136 valence electrons. The number of hydrogen-bond donors (Lipinski definition) is 1. The fourth-order valence-electron chi connectivity index (χ4n) is 1.85. The van der Waals surface area contributed by atoms with Crippen LogP contribution in [0.5, 0.6) is 5.75 Å². The van der Waals surface area contributed by atoms with Gasteiger partial charge >= 0.3 is 6.09 Å². The Labute approximate surface area is 148 Å². The molecule has 0 saturated carbocycles. The van der Waals surface area contributed by atoms with Gasteiger partial charge in [-0.3, -0.25) is 4.79 Å². The van der Waals surface area contributed by atoms with Gasteiger partial charge in [0.25, 0.3) is 5.91 Å². The predicted octanol–water partition coefficient (Wildman–Crippen LogP) is 2.31. The summed E-state index contributed by atoms with van der Waals surface area (Å²) in [6, 6.07) is 8.49. The SMILES string of the molecule is CC(CNC(=O)OC(C)(C)C)N(C)C(=O)COc1ccccc1C#N. The summed E-state index contributed by atoms with van der Waals surface area (Å²) in [7, 11) is 1.63. The van der Waals surface area contributed by atoms with Crippen LogP contribution >= 0.6 is 0 Å². The molecule has 1 N–H and O–H groups in total. The van der Waals surface area contributed by atoms with Gasteiger partial charge in [0.1, 0.15) is 17.4 Å². The summed E-state index contributed by atoms with van der Waals surface area (Å²) < 4.78 is 10.6. The summed E-state index contributed by atoms with van der Waals surface area (Å²) in [5.74, 6) is 0.109. The molecule has 1 aromatic carbocycles. The molecule has 0 radical (unpaired) electrons. The van der Waals surface area contributed by atoms with Crippen molar-refractivity contribution in [3.63, 3.8) is 0 Å². The summed E-state index contributed by atoms with van der Waals surface area (Å²) in [6.07, 6.45) is -0.528. The molecule has 1 atom stereocenters. The number of rotatable bonds is 6. The first-order valence-corrected chi connectivity index (χ1v) is 7.98. The highest BCUT2D eigenvalue weighted by molar-refractivity contribution is 5.78. The Morgan fingerprint density at radius 2 is 1.96 bits per heavy atom. The highest BCUT2D eigenvalue weighted by Gasteiger charge is 2.20. The summed E-state index contributed by atoms with van der Waals surface area (Å²) in [4.78, 5) is 25.3. The third kappa shape index (κ3) is 7.12. The van der Waals surface area contributed by atoms with Crippen molar-refractivity contribution >= 4 is 12.0 Å². The highest BCUT2D eigenvalue weighted by atomic mass is 16.6. The van der Waals surface area contributed by atoms with Crippen LogP contribution in [-0.4, -0.2) is 48.7 Å². The van der Waals surface area contributed by atoms with E-state index >= 15 is 0 Å². The molecule has 0 aliphatic heterocycles. The molecule has 1 rings (SSSR count). The lowest BCUT2D eigenvalue weighted by Gasteiger charge is -2.26. The summed E-state index contributed by atoms with van der Waals surface area (Å²) in [6.45, 7) is 7.21. The largest absolute Gasteiger partial charge is 0.482 e. The topological polar surface area (TPSA) is 91.7 Å². The van der Waals surface area contributed by atoms with Gasteiger partial charge in [0, 0.05) is 19.6 Å². The lowest BCUT2D eigenvalue weighted by molar-refractivity contribution is -0.133. The summed E-state index contributed by atoms with van der Waals surface area (Å²) in [5, 5.41) is 11.6. The van der Waals surface area contributed by atoms with E-state index in [1.807, 2.05) is 6.07 Å². The first kappa shape index (κ1) is 20.3. The smallest absolute Gasteiger partial charge is 0.407 e. The van der Waals surface area contributed by atoms with Gasteiger partial charge in [-0.1, -0.05) is 12.1 Å². The van der Waals surface area contributed by atoms with Crippen molar-refractivity contribution in [2.24, 2.45) is 0 Å². The molecule has 1 aromatic rings. The minimum Gasteiger partial charge on any atom is -0.482 e. The maximum atomic E-state index is 12.2. The number of likely N-dealkylation sites (N-methyl/N-ethyl adjacent to an activating group) is 1. The van der Waals surface area contributed by atoms with E-state index in [2.05, 4.69) is 5.32 Å². The number of hydrogen-bond acceptors (Lipinski definition) is 5. The molecule has 0 aromatic heterocycles. The molecule has 7 nitrogen and oxygen atoms in total. The molecule has 0 fully saturated rings. The van der Waals surface area contributed by atoms with Crippen molar-refractivity contribution in [2.75, 3.05) is 20.2 Å². The number of benzene rings is 1. The Morgan fingerprint density at radius 3 is 2.56 bits per heavy atom. The molecule has 0 heterocycles. The van der Waals surface area contributed by atoms with Gasteiger partial charge in [0.05, 0.1) is 5.56 Å². The maximum Gasteiger partial charge on any atom is 0.407 e. The van der Waals surface area contributed by atoms with Crippen molar-refractivity contribution in [3.8, 4) is 11.8 Å². The Hall–Kier alpha value is -2.75. The van der Waals surface area contributed by atoms with Crippen molar-refractivity contribution in [2.45, 2.75) is 39.3 Å². The molecule has 1 unspecified atom stereocenters. The Bertz CT molecular complexity index is 646. The van der Waals surface area contributed by atoms with Gasteiger partial charge < -0.3 is 19.7 Å². The number of para-hydroxylation sites is 1. The fourth-order valence-corrected chi connectivity index (χ4v) is 1.85. The predicted molar refractivity (Wildman–Crippen MR) is 93.1 cm³/mol. The molecule has 0 aliphatic carbocycles. The van der Waals surface area contributed by atoms with Gasteiger partial charge in [-0.25, -0.2) is 4.79 Å². The lowest BCUT2D eigenvalue weighted by Crippen LogP contribution is -2.45. The normalized spacial score (nSPS) is 11.8. The molecular formula is C18H25N3O4. The lowest BCUT2D eigenvalue weighted by atomic mass is 10.2. The minimum atomic E-state index is -0.572. The van der Waals surface area contributed by atoms with E-state index in [0.717, 1.165) is 0 Å². The average Bonchev–Trinajstić information content (AvgIpc) is 2.55. The van der Waals surface area contributed by atoms with Crippen molar-refractivity contribution in [1.29, 1.82) is 5.26 Å². The monoisotopic (exact) mass is 347 g/mol. The van der Waals surface area contributed by atoms with Crippen molar-refractivity contribution in [3.05, 3.63) is 29.8 Å². The maximum absolute atomic E-state index is 12.2. The zero-order valence-corrected chi connectivity index (χ0v) is 15.3. The molecular weight excluding hydrogens is 322 g/mol. The first-order valence-electron chi connectivity index (χ1n) is 7.98. The Morgan fingerprint density at radius 1 is 1.32 bits per heavy atom. The van der Waals surface area contributed by atoms with Crippen LogP contribution in [0.2, 0.25) is 0 Å². The van der Waals surface area contributed by atoms with E-state index in [-0.39, 0.29) is 25.1 Å².